The van der Waals surface area contributed by atoms with Gasteiger partial charge in [-0.25, -0.2) is 19.4 Å². The first-order chi connectivity index (χ1) is 17.3. The summed E-state index contributed by atoms with van der Waals surface area (Å²) in [7, 11) is 0. The Labute approximate surface area is 209 Å². The van der Waals surface area contributed by atoms with Gasteiger partial charge in [0.2, 0.25) is 5.95 Å². The van der Waals surface area contributed by atoms with Gasteiger partial charge in [-0.2, -0.15) is 18.2 Å². The molecule has 1 heterocycles. The van der Waals surface area contributed by atoms with Crippen molar-refractivity contribution in [3.63, 3.8) is 0 Å². The molecule has 0 fully saturated rings. The highest BCUT2D eigenvalue weighted by molar-refractivity contribution is 5.96. The van der Waals surface area contributed by atoms with E-state index in [0.717, 1.165) is 5.56 Å². The number of alkyl halides is 3. The van der Waals surface area contributed by atoms with Crippen LogP contribution in [0.2, 0.25) is 0 Å². The van der Waals surface area contributed by atoms with Gasteiger partial charge in [0.05, 0.1) is 6.61 Å². The monoisotopic (exact) mass is 526 g/mol. The van der Waals surface area contributed by atoms with Crippen molar-refractivity contribution in [2.75, 3.05) is 24.2 Å². The fraction of sp³-hybridized carbons (Fsp3) is 0.364. The Morgan fingerprint density at radius 3 is 2.35 bits per heavy atom. The summed E-state index contributed by atoms with van der Waals surface area (Å²) in [6.45, 7) is 3.08. The Kier molecular flexibility index (Phi) is 10.1. The average Bonchev–Trinajstić information content (AvgIpc) is 2.83. The Balaban J connectivity index is 1.99. The molecule has 1 aromatic heterocycles. The van der Waals surface area contributed by atoms with E-state index in [4.69, 9.17) is 10.5 Å². The topological polar surface area (TPSA) is 175 Å². The number of rotatable bonds is 10. The van der Waals surface area contributed by atoms with Crippen LogP contribution in [0.15, 0.2) is 36.5 Å². The number of carbonyl (C=O) groups excluding carboxylic acids is 4. The average molecular weight is 526 g/mol. The summed E-state index contributed by atoms with van der Waals surface area (Å²) in [5.41, 5.74) is 6.44. The van der Waals surface area contributed by atoms with E-state index in [0.29, 0.717) is 12.4 Å². The van der Waals surface area contributed by atoms with E-state index in [1.807, 2.05) is 5.32 Å². The number of nitrogens with zero attached hydrogens (tertiary/aromatic N) is 2. The second kappa shape index (κ2) is 13.0. The lowest BCUT2D eigenvalue weighted by atomic mass is 10.1. The van der Waals surface area contributed by atoms with Gasteiger partial charge in [-0.15, -0.1) is 0 Å². The third-order valence-corrected chi connectivity index (χ3v) is 4.38. The van der Waals surface area contributed by atoms with Crippen LogP contribution < -0.4 is 21.7 Å². The SMILES string of the molecule is CC(C)COC(=O)N[C@@H](CNC(=O)c1ccc(CNc2ccnc(N)n2)cc1)C(=O)OC(=O)C(F)(F)F. The minimum absolute atomic E-state index is 0.0484. The summed E-state index contributed by atoms with van der Waals surface area (Å²) in [5, 5.41) is 7.30. The van der Waals surface area contributed by atoms with Crippen LogP contribution in [-0.2, 0) is 25.6 Å². The van der Waals surface area contributed by atoms with Crippen LogP contribution in [0.1, 0.15) is 29.8 Å². The molecule has 2 amide bonds. The number of hydrogen-bond donors (Lipinski definition) is 4. The van der Waals surface area contributed by atoms with Crippen molar-refractivity contribution < 1.29 is 41.8 Å². The van der Waals surface area contributed by atoms with Gasteiger partial charge in [-0.1, -0.05) is 26.0 Å². The molecule has 200 valence electrons. The number of amides is 2. The lowest BCUT2D eigenvalue weighted by Gasteiger charge is -2.18. The molecule has 15 heteroatoms. The number of alkyl carbamates (subject to hydrolysis) is 1. The molecule has 0 saturated heterocycles. The van der Waals surface area contributed by atoms with E-state index < -0.39 is 42.7 Å². The number of ether oxygens (including phenoxy) is 2. The Bertz CT molecular complexity index is 1110. The standard InChI is InChI=1S/C22H25F3N6O6/c1-12(2)11-36-21(35)30-15(18(33)37-19(34)22(23,24)25)10-29-17(32)14-5-3-13(4-6-14)9-28-16-7-8-27-20(26)31-16/h3-8,12,15H,9-11H2,1-2H3,(H,29,32)(H,30,35)(H3,26,27,28,31)/t15-/m0/s1. The second-order valence-electron chi connectivity index (χ2n) is 7.96. The zero-order valence-electron chi connectivity index (χ0n) is 19.8. The smallest absolute Gasteiger partial charge is 0.449 e. The van der Waals surface area contributed by atoms with Crippen molar-refractivity contribution in [3.8, 4) is 0 Å². The summed E-state index contributed by atoms with van der Waals surface area (Å²) < 4.78 is 46.0. The number of nitrogens with two attached hydrogens (primary N) is 1. The molecule has 5 N–H and O–H groups in total. The molecule has 0 radical (unpaired) electrons. The predicted octanol–water partition coefficient (Wildman–Crippen LogP) is 1.78. The van der Waals surface area contributed by atoms with Gasteiger partial charge in [-0.05, 0) is 29.7 Å². The number of benzene rings is 1. The Morgan fingerprint density at radius 2 is 1.76 bits per heavy atom. The van der Waals surface area contributed by atoms with Crippen LogP contribution in [0.25, 0.3) is 0 Å². The molecule has 12 nitrogen and oxygen atoms in total. The lowest BCUT2D eigenvalue weighted by Crippen LogP contribution is -2.50. The third-order valence-electron chi connectivity index (χ3n) is 4.38. The van der Waals surface area contributed by atoms with E-state index in [2.05, 4.69) is 25.3 Å². The number of aromatic nitrogens is 2. The van der Waals surface area contributed by atoms with Crippen LogP contribution in [0.4, 0.5) is 29.7 Å². The Morgan fingerprint density at radius 1 is 1.08 bits per heavy atom. The number of nitrogen functional groups attached to an aromatic ring is 1. The third kappa shape index (κ3) is 9.99. The van der Waals surface area contributed by atoms with E-state index in [1.165, 1.54) is 18.3 Å². The van der Waals surface area contributed by atoms with Crippen LogP contribution in [-0.4, -0.2) is 59.3 Å². The molecule has 2 rings (SSSR count). The summed E-state index contributed by atoms with van der Waals surface area (Å²) in [4.78, 5) is 55.3. The number of nitrogens with one attached hydrogen (secondary N) is 3. The van der Waals surface area contributed by atoms with Gasteiger partial charge >= 0.3 is 24.2 Å². The molecule has 0 saturated carbocycles. The van der Waals surface area contributed by atoms with Crippen molar-refractivity contribution in [1.29, 1.82) is 0 Å². The molecule has 0 aliphatic rings. The zero-order chi connectivity index (χ0) is 27.6. The van der Waals surface area contributed by atoms with Crippen molar-refractivity contribution in [2.45, 2.75) is 32.6 Å². The van der Waals surface area contributed by atoms with E-state index >= 15 is 0 Å². The van der Waals surface area contributed by atoms with Crippen molar-refractivity contribution in [2.24, 2.45) is 5.92 Å². The number of hydrogen-bond acceptors (Lipinski definition) is 10. The van der Waals surface area contributed by atoms with Gasteiger partial charge in [0.25, 0.3) is 5.91 Å². The fourth-order valence-electron chi connectivity index (χ4n) is 2.58. The molecule has 0 bridgehead atoms. The highest BCUT2D eigenvalue weighted by Gasteiger charge is 2.43. The molecular formula is C22H25F3N6O6. The minimum Gasteiger partial charge on any atom is -0.449 e. The Hall–Kier alpha value is -4.43. The molecule has 37 heavy (non-hydrogen) atoms. The number of halogens is 3. The van der Waals surface area contributed by atoms with E-state index in [9.17, 15) is 32.3 Å². The first-order valence-corrected chi connectivity index (χ1v) is 10.8. The molecule has 1 aromatic carbocycles. The van der Waals surface area contributed by atoms with Crippen LogP contribution in [0, 0.1) is 5.92 Å². The largest absolute Gasteiger partial charge is 0.491 e. The highest BCUT2D eigenvalue weighted by atomic mass is 19.4. The maximum atomic E-state index is 12.5. The molecular weight excluding hydrogens is 501 g/mol. The normalized spacial score (nSPS) is 11.8. The first kappa shape index (κ1) is 28.8. The molecule has 0 unspecified atom stereocenters. The lowest BCUT2D eigenvalue weighted by molar-refractivity contribution is -0.202. The molecule has 0 aliphatic carbocycles. The van der Waals surface area contributed by atoms with Gasteiger partial charge in [0.1, 0.15) is 11.9 Å². The van der Waals surface area contributed by atoms with Crippen LogP contribution in [0.5, 0.6) is 0 Å². The zero-order valence-corrected chi connectivity index (χ0v) is 19.8. The number of carbonyl (C=O) groups is 4. The molecule has 0 aliphatic heterocycles. The predicted molar refractivity (Wildman–Crippen MR) is 123 cm³/mol. The first-order valence-electron chi connectivity index (χ1n) is 10.8. The van der Waals surface area contributed by atoms with Crippen molar-refractivity contribution in [3.05, 3.63) is 47.7 Å². The summed E-state index contributed by atoms with van der Waals surface area (Å²) in [5.74, 6) is -4.67. The summed E-state index contributed by atoms with van der Waals surface area (Å²) in [6, 6.07) is 5.97. The van der Waals surface area contributed by atoms with Crippen LogP contribution >= 0.6 is 0 Å². The van der Waals surface area contributed by atoms with Gasteiger partial charge < -0.3 is 31.2 Å². The second-order valence-corrected chi connectivity index (χ2v) is 7.96. The molecule has 2 aromatic rings. The van der Waals surface area contributed by atoms with Gasteiger partial charge in [-0.3, -0.25) is 4.79 Å². The van der Waals surface area contributed by atoms with Crippen LogP contribution in [0.3, 0.4) is 0 Å². The molecule has 1 atom stereocenters. The quantitative estimate of drug-likeness (QED) is 0.264. The minimum atomic E-state index is -5.43. The highest BCUT2D eigenvalue weighted by Crippen LogP contribution is 2.17. The summed E-state index contributed by atoms with van der Waals surface area (Å²) in [6.07, 6.45) is -5.09. The number of anilines is 2. The maximum Gasteiger partial charge on any atom is 0.491 e. The van der Waals surface area contributed by atoms with Crippen molar-refractivity contribution >= 4 is 35.7 Å². The molecule has 0 spiro atoms. The number of esters is 2. The maximum absolute atomic E-state index is 12.5. The van der Waals surface area contributed by atoms with Crippen molar-refractivity contribution in [1.82, 2.24) is 20.6 Å². The van der Waals surface area contributed by atoms with Gasteiger partial charge in [0.15, 0.2) is 0 Å². The summed E-state index contributed by atoms with van der Waals surface area (Å²) >= 11 is 0. The van der Waals surface area contributed by atoms with E-state index in [-0.39, 0.29) is 24.0 Å². The van der Waals surface area contributed by atoms with E-state index in [1.54, 1.807) is 32.0 Å². The fourth-order valence-corrected chi connectivity index (χ4v) is 2.58. The van der Waals surface area contributed by atoms with Gasteiger partial charge in [0, 0.05) is 24.8 Å².